The van der Waals surface area contributed by atoms with Crippen LogP contribution >= 0.6 is 0 Å². The van der Waals surface area contributed by atoms with Gasteiger partial charge in [-0.25, -0.2) is 18.4 Å². The second kappa shape index (κ2) is 12.0. The van der Waals surface area contributed by atoms with Crippen molar-refractivity contribution in [3.8, 4) is 11.1 Å². The molecule has 0 radical (unpaired) electrons. The predicted octanol–water partition coefficient (Wildman–Crippen LogP) is 6.71. The van der Waals surface area contributed by atoms with Gasteiger partial charge < -0.3 is 19.5 Å². The first kappa shape index (κ1) is 30.2. The summed E-state index contributed by atoms with van der Waals surface area (Å²) < 4.78 is 72.2. The summed E-state index contributed by atoms with van der Waals surface area (Å²) in [5.74, 6) is -3.74. The van der Waals surface area contributed by atoms with Gasteiger partial charge in [0.2, 0.25) is 0 Å². The number of ether oxygens (including phenoxy) is 1. The standard InChI is InChI=1S/C30H32F5N3O3/c1-29(2,3)26(36-15-20-11-12-37(17-20)28(40)41-27(39)30(33,34)35)25-13-21(23-14-22(31)9-10-24(23)32)18-38(25)16-19-7-5-4-6-8-19/h4-10,13-14,18,20,26,36H,11-12,15-17H2,1-3H3/t20-,26+/m1/s1. The average Bonchev–Trinajstić information content (AvgIpc) is 3.53. The number of nitrogens with one attached hydrogen (secondary N) is 1. The van der Waals surface area contributed by atoms with Crippen molar-refractivity contribution in [1.29, 1.82) is 0 Å². The van der Waals surface area contributed by atoms with Gasteiger partial charge >= 0.3 is 18.2 Å². The number of carbonyl (C=O) groups is 2. The SMILES string of the molecule is CC(C)(C)[C@@H](NC[C@H]1CCN(C(=O)OC(=O)C(F)(F)F)C1)c1cc(-c2cc(F)ccc2F)cn1Cc1ccccc1. The lowest BCUT2D eigenvalue weighted by Gasteiger charge is -2.33. The Balaban J connectivity index is 1.56. The van der Waals surface area contributed by atoms with Gasteiger partial charge in [0.05, 0.1) is 6.04 Å². The number of esters is 1. The van der Waals surface area contributed by atoms with Gasteiger partial charge in [-0.05, 0) is 47.6 Å². The zero-order valence-corrected chi connectivity index (χ0v) is 23.0. The van der Waals surface area contributed by atoms with Crippen molar-refractivity contribution in [2.45, 2.75) is 46.0 Å². The number of likely N-dealkylation sites (tertiary alicyclic amines) is 1. The highest BCUT2D eigenvalue weighted by atomic mass is 19.4. The largest absolute Gasteiger partial charge is 0.491 e. The minimum Gasteiger partial charge on any atom is -0.369 e. The van der Waals surface area contributed by atoms with Gasteiger partial charge in [-0.15, -0.1) is 0 Å². The molecule has 0 aliphatic carbocycles. The second-order valence-electron chi connectivity index (χ2n) is 11.4. The second-order valence-corrected chi connectivity index (χ2v) is 11.4. The molecule has 0 spiro atoms. The molecule has 2 atom stereocenters. The van der Waals surface area contributed by atoms with E-state index in [0.717, 1.165) is 34.4 Å². The van der Waals surface area contributed by atoms with E-state index in [9.17, 15) is 31.5 Å². The average molecular weight is 578 g/mol. The molecule has 0 unspecified atom stereocenters. The molecule has 1 aliphatic heterocycles. The van der Waals surface area contributed by atoms with Crippen molar-refractivity contribution >= 4 is 12.1 Å². The van der Waals surface area contributed by atoms with E-state index in [1.54, 1.807) is 6.20 Å². The number of hydrogen-bond acceptors (Lipinski definition) is 4. The molecule has 0 saturated carbocycles. The van der Waals surface area contributed by atoms with E-state index in [0.29, 0.717) is 25.1 Å². The van der Waals surface area contributed by atoms with Gasteiger partial charge in [-0.1, -0.05) is 51.1 Å². The van der Waals surface area contributed by atoms with E-state index in [1.807, 2.05) is 61.7 Å². The van der Waals surface area contributed by atoms with Crippen LogP contribution in [0.1, 0.15) is 44.5 Å². The summed E-state index contributed by atoms with van der Waals surface area (Å²) in [6, 6.07) is 14.6. The third-order valence-electron chi connectivity index (χ3n) is 7.09. The Morgan fingerprint density at radius 2 is 1.76 bits per heavy atom. The molecular formula is C30H32F5N3O3. The summed E-state index contributed by atoms with van der Waals surface area (Å²) in [6.07, 6.45) is -4.27. The van der Waals surface area contributed by atoms with Gasteiger partial charge in [0, 0.05) is 49.2 Å². The molecule has 6 nitrogen and oxygen atoms in total. The number of rotatable bonds is 7. The van der Waals surface area contributed by atoms with Crippen LogP contribution in [-0.4, -0.2) is 47.3 Å². The highest BCUT2D eigenvalue weighted by Crippen LogP contribution is 2.37. The maximum absolute atomic E-state index is 14.7. The first-order chi connectivity index (χ1) is 19.2. The van der Waals surface area contributed by atoms with Crippen LogP contribution in [0.5, 0.6) is 0 Å². The summed E-state index contributed by atoms with van der Waals surface area (Å²) >= 11 is 0. The van der Waals surface area contributed by atoms with Crippen LogP contribution in [0.25, 0.3) is 11.1 Å². The number of aromatic nitrogens is 1. The van der Waals surface area contributed by atoms with E-state index >= 15 is 0 Å². The molecule has 1 aromatic heterocycles. The zero-order valence-electron chi connectivity index (χ0n) is 23.0. The fourth-order valence-corrected chi connectivity index (χ4v) is 5.06. The maximum atomic E-state index is 14.7. The Labute approximate surface area is 235 Å². The van der Waals surface area contributed by atoms with Crippen molar-refractivity contribution in [2.24, 2.45) is 11.3 Å². The summed E-state index contributed by atoms with van der Waals surface area (Å²) in [4.78, 5) is 24.2. The highest BCUT2D eigenvalue weighted by Gasteiger charge is 2.44. The quantitative estimate of drug-likeness (QED) is 0.193. The normalized spacial score (nSPS) is 16.6. The van der Waals surface area contributed by atoms with Crippen LogP contribution in [0.15, 0.2) is 60.8 Å². The molecule has 2 heterocycles. The lowest BCUT2D eigenvalue weighted by Crippen LogP contribution is -2.38. The molecule has 0 bridgehead atoms. The molecule has 1 fully saturated rings. The van der Waals surface area contributed by atoms with E-state index in [1.165, 1.54) is 0 Å². The topological polar surface area (TPSA) is 63.6 Å². The Bertz CT molecular complexity index is 1380. The fraction of sp³-hybridized carbons (Fsp3) is 0.400. The molecule has 1 amide bonds. The molecule has 1 saturated heterocycles. The van der Waals surface area contributed by atoms with Crippen molar-refractivity contribution < 1.29 is 36.3 Å². The Morgan fingerprint density at radius 1 is 1.05 bits per heavy atom. The molecule has 1 aliphatic rings. The summed E-state index contributed by atoms with van der Waals surface area (Å²) in [5.41, 5.74) is 2.17. The molecule has 2 aromatic carbocycles. The molecule has 41 heavy (non-hydrogen) atoms. The van der Waals surface area contributed by atoms with Crippen LogP contribution in [0.3, 0.4) is 0 Å². The van der Waals surface area contributed by atoms with E-state index in [4.69, 9.17) is 0 Å². The molecule has 11 heteroatoms. The zero-order chi connectivity index (χ0) is 29.9. The minimum atomic E-state index is -5.25. The minimum absolute atomic E-state index is 0.106. The molecule has 4 rings (SSSR count). The lowest BCUT2D eigenvalue weighted by molar-refractivity contribution is -0.193. The van der Waals surface area contributed by atoms with Gasteiger partial charge in [-0.3, -0.25) is 0 Å². The number of benzene rings is 2. The van der Waals surface area contributed by atoms with E-state index in [2.05, 4.69) is 10.1 Å². The van der Waals surface area contributed by atoms with Crippen LogP contribution in [0.2, 0.25) is 0 Å². The predicted molar refractivity (Wildman–Crippen MR) is 143 cm³/mol. The number of alkyl halides is 3. The van der Waals surface area contributed by atoms with Gasteiger partial charge in [0.1, 0.15) is 11.6 Å². The number of hydrogen-bond donors (Lipinski definition) is 1. The molecular weight excluding hydrogens is 545 g/mol. The van der Waals surface area contributed by atoms with Crippen molar-refractivity contribution in [3.63, 3.8) is 0 Å². The number of amides is 1. The summed E-state index contributed by atoms with van der Waals surface area (Å²) in [7, 11) is 0. The lowest BCUT2D eigenvalue weighted by atomic mass is 9.84. The van der Waals surface area contributed by atoms with Crippen molar-refractivity contribution in [2.75, 3.05) is 19.6 Å². The summed E-state index contributed by atoms with van der Waals surface area (Å²) in [5, 5.41) is 3.55. The Hall–Kier alpha value is -3.73. The van der Waals surface area contributed by atoms with E-state index in [-0.39, 0.29) is 36.0 Å². The molecule has 3 aromatic rings. The maximum Gasteiger partial charge on any atom is 0.491 e. The Morgan fingerprint density at radius 3 is 2.41 bits per heavy atom. The number of carbonyl (C=O) groups excluding carboxylic acids is 2. The van der Waals surface area contributed by atoms with E-state index < -0.39 is 29.9 Å². The molecule has 1 N–H and O–H groups in total. The third kappa shape index (κ3) is 7.52. The number of halogens is 5. The van der Waals surface area contributed by atoms with Crippen LogP contribution < -0.4 is 5.32 Å². The van der Waals surface area contributed by atoms with Crippen LogP contribution in [-0.2, 0) is 16.1 Å². The summed E-state index contributed by atoms with van der Waals surface area (Å²) in [6.45, 7) is 7.29. The van der Waals surface area contributed by atoms with Gasteiger partial charge in [-0.2, -0.15) is 13.2 Å². The van der Waals surface area contributed by atoms with Crippen LogP contribution in [0.4, 0.5) is 26.7 Å². The van der Waals surface area contributed by atoms with Crippen molar-refractivity contribution in [3.05, 3.63) is 83.7 Å². The van der Waals surface area contributed by atoms with Gasteiger partial charge in [0.15, 0.2) is 0 Å². The highest BCUT2D eigenvalue weighted by molar-refractivity contribution is 5.87. The smallest absolute Gasteiger partial charge is 0.369 e. The molecule has 220 valence electrons. The number of nitrogens with zero attached hydrogens (tertiary/aromatic N) is 2. The monoisotopic (exact) mass is 577 g/mol. The van der Waals surface area contributed by atoms with Gasteiger partial charge in [0.25, 0.3) is 0 Å². The first-order valence-corrected chi connectivity index (χ1v) is 13.2. The third-order valence-corrected chi connectivity index (χ3v) is 7.09. The fourth-order valence-electron chi connectivity index (χ4n) is 5.06. The Kier molecular flexibility index (Phi) is 8.86. The van der Waals surface area contributed by atoms with Crippen LogP contribution in [0, 0.1) is 23.0 Å². The van der Waals surface area contributed by atoms with Crippen molar-refractivity contribution in [1.82, 2.24) is 14.8 Å². The first-order valence-electron chi connectivity index (χ1n) is 13.2.